The van der Waals surface area contributed by atoms with Gasteiger partial charge in [-0.15, -0.1) is 0 Å². The molecule has 1 fully saturated rings. The van der Waals surface area contributed by atoms with E-state index < -0.39 is 0 Å². The van der Waals surface area contributed by atoms with E-state index in [2.05, 4.69) is 4.90 Å². The van der Waals surface area contributed by atoms with E-state index in [0.717, 1.165) is 39.0 Å². The first-order chi connectivity index (χ1) is 9.13. The molecule has 0 spiro atoms. The van der Waals surface area contributed by atoms with E-state index in [-0.39, 0.29) is 17.9 Å². The van der Waals surface area contributed by atoms with Crippen LogP contribution in [0, 0.1) is 0 Å². The standard InChI is InChI=1S/C14H26N2O3/c1-4-7-13(17)16-10-8-15(9-11-16)12(5-2)14(18)19-6-3/h12H,4-11H2,1-3H3. The van der Waals surface area contributed by atoms with Crippen LogP contribution in [0.1, 0.15) is 40.0 Å². The third kappa shape index (κ3) is 4.49. The lowest BCUT2D eigenvalue weighted by molar-refractivity contribution is -0.150. The molecule has 110 valence electrons. The largest absolute Gasteiger partial charge is 0.465 e. The van der Waals surface area contributed by atoms with Crippen LogP contribution >= 0.6 is 0 Å². The Morgan fingerprint density at radius 1 is 1.11 bits per heavy atom. The van der Waals surface area contributed by atoms with Crippen molar-refractivity contribution in [2.75, 3.05) is 32.8 Å². The maximum absolute atomic E-state index is 11.8. The van der Waals surface area contributed by atoms with Crippen molar-refractivity contribution in [1.29, 1.82) is 0 Å². The zero-order valence-electron chi connectivity index (χ0n) is 12.4. The minimum atomic E-state index is -0.164. The van der Waals surface area contributed by atoms with Crippen molar-refractivity contribution in [2.45, 2.75) is 46.1 Å². The Morgan fingerprint density at radius 3 is 2.21 bits per heavy atom. The Kier molecular flexibility index (Phi) is 6.84. The molecule has 0 aromatic rings. The van der Waals surface area contributed by atoms with Crippen LogP contribution in [0.2, 0.25) is 0 Å². The van der Waals surface area contributed by atoms with Crippen molar-refractivity contribution in [1.82, 2.24) is 9.80 Å². The van der Waals surface area contributed by atoms with Crippen molar-refractivity contribution >= 4 is 11.9 Å². The number of rotatable bonds is 6. The number of ether oxygens (including phenoxy) is 1. The van der Waals surface area contributed by atoms with Gasteiger partial charge in [0.15, 0.2) is 0 Å². The van der Waals surface area contributed by atoms with Crippen molar-refractivity contribution in [3.8, 4) is 0 Å². The summed E-state index contributed by atoms with van der Waals surface area (Å²) in [6.07, 6.45) is 2.26. The predicted molar refractivity (Wildman–Crippen MR) is 73.8 cm³/mol. The average molecular weight is 270 g/mol. The van der Waals surface area contributed by atoms with Crippen LogP contribution in [-0.4, -0.2) is 60.5 Å². The molecule has 1 heterocycles. The summed E-state index contributed by atoms with van der Waals surface area (Å²) in [5.41, 5.74) is 0. The zero-order valence-corrected chi connectivity index (χ0v) is 12.4. The van der Waals surface area contributed by atoms with Crippen molar-refractivity contribution in [2.24, 2.45) is 0 Å². The summed E-state index contributed by atoms with van der Waals surface area (Å²) in [7, 11) is 0. The van der Waals surface area contributed by atoms with Gasteiger partial charge in [-0.2, -0.15) is 0 Å². The number of hydrogen-bond donors (Lipinski definition) is 0. The van der Waals surface area contributed by atoms with Gasteiger partial charge in [0, 0.05) is 32.6 Å². The number of nitrogens with zero attached hydrogens (tertiary/aromatic N) is 2. The van der Waals surface area contributed by atoms with Gasteiger partial charge in [-0.05, 0) is 19.8 Å². The molecule has 1 atom stereocenters. The molecule has 0 saturated carbocycles. The molecule has 1 saturated heterocycles. The Morgan fingerprint density at radius 2 is 1.74 bits per heavy atom. The molecule has 0 aromatic heterocycles. The van der Waals surface area contributed by atoms with E-state index in [4.69, 9.17) is 4.74 Å². The molecule has 1 unspecified atom stereocenters. The molecule has 0 radical (unpaired) electrons. The van der Waals surface area contributed by atoms with Crippen LogP contribution in [0.3, 0.4) is 0 Å². The summed E-state index contributed by atoms with van der Waals surface area (Å²) in [6.45, 7) is 9.21. The monoisotopic (exact) mass is 270 g/mol. The van der Waals surface area contributed by atoms with Crippen LogP contribution in [0.5, 0.6) is 0 Å². The lowest BCUT2D eigenvalue weighted by Gasteiger charge is -2.38. The molecule has 0 bridgehead atoms. The maximum atomic E-state index is 11.8. The fourth-order valence-electron chi connectivity index (χ4n) is 2.47. The highest BCUT2D eigenvalue weighted by molar-refractivity contribution is 5.77. The van der Waals surface area contributed by atoms with E-state index in [1.165, 1.54) is 0 Å². The minimum absolute atomic E-state index is 0.140. The first-order valence-corrected chi connectivity index (χ1v) is 7.32. The lowest BCUT2D eigenvalue weighted by Crippen LogP contribution is -2.54. The molecule has 1 aliphatic heterocycles. The van der Waals surface area contributed by atoms with Gasteiger partial charge < -0.3 is 9.64 Å². The molecular weight excluding hydrogens is 244 g/mol. The Hall–Kier alpha value is -1.10. The summed E-state index contributed by atoms with van der Waals surface area (Å²) in [5.74, 6) is 0.0877. The molecule has 5 nitrogen and oxygen atoms in total. The number of carbonyl (C=O) groups excluding carboxylic acids is 2. The van der Waals surface area contributed by atoms with Crippen LogP contribution in [-0.2, 0) is 14.3 Å². The highest BCUT2D eigenvalue weighted by atomic mass is 16.5. The van der Waals surface area contributed by atoms with Crippen molar-refractivity contribution in [3.05, 3.63) is 0 Å². The number of hydrogen-bond acceptors (Lipinski definition) is 4. The molecule has 0 aromatic carbocycles. The summed E-state index contributed by atoms with van der Waals surface area (Å²) in [6, 6.07) is -0.164. The van der Waals surface area contributed by atoms with E-state index in [1.807, 2.05) is 25.7 Å². The summed E-state index contributed by atoms with van der Waals surface area (Å²) < 4.78 is 5.10. The molecule has 0 aliphatic carbocycles. The molecule has 1 rings (SSSR count). The first-order valence-electron chi connectivity index (χ1n) is 7.32. The normalized spacial score (nSPS) is 18.2. The van der Waals surface area contributed by atoms with Gasteiger partial charge in [-0.3, -0.25) is 14.5 Å². The van der Waals surface area contributed by atoms with E-state index in [9.17, 15) is 9.59 Å². The second-order valence-corrected chi connectivity index (χ2v) is 4.84. The number of carbonyl (C=O) groups is 2. The second kappa shape index (κ2) is 8.15. The quantitative estimate of drug-likeness (QED) is 0.682. The minimum Gasteiger partial charge on any atom is -0.465 e. The van der Waals surface area contributed by atoms with Crippen LogP contribution in [0.25, 0.3) is 0 Å². The molecule has 1 amide bonds. The van der Waals surface area contributed by atoms with Crippen LogP contribution in [0.4, 0.5) is 0 Å². The maximum Gasteiger partial charge on any atom is 0.323 e. The predicted octanol–water partition coefficient (Wildman–Crippen LogP) is 1.27. The Labute approximate surface area is 115 Å². The number of piperazine rings is 1. The van der Waals surface area contributed by atoms with Gasteiger partial charge in [-0.25, -0.2) is 0 Å². The molecular formula is C14H26N2O3. The van der Waals surface area contributed by atoms with Crippen LogP contribution in [0.15, 0.2) is 0 Å². The highest BCUT2D eigenvalue weighted by Crippen LogP contribution is 2.12. The number of amides is 1. The fourth-order valence-corrected chi connectivity index (χ4v) is 2.47. The van der Waals surface area contributed by atoms with E-state index in [1.54, 1.807) is 0 Å². The van der Waals surface area contributed by atoms with E-state index >= 15 is 0 Å². The fraction of sp³-hybridized carbons (Fsp3) is 0.857. The topological polar surface area (TPSA) is 49.9 Å². The summed E-state index contributed by atoms with van der Waals surface area (Å²) >= 11 is 0. The van der Waals surface area contributed by atoms with Crippen molar-refractivity contribution in [3.63, 3.8) is 0 Å². The number of esters is 1. The third-order valence-electron chi connectivity index (χ3n) is 3.52. The zero-order chi connectivity index (χ0) is 14.3. The first kappa shape index (κ1) is 16.0. The lowest BCUT2D eigenvalue weighted by atomic mass is 10.1. The SMILES string of the molecule is CCCC(=O)N1CCN(C(CC)C(=O)OCC)CC1. The van der Waals surface area contributed by atoms with Gasteiger partial charge in [0.25, 0.3) is 0 Å². The van der Waals surface area contributed by atoms with Crippen molar-refractivity contribution < 1.29 is 14.3 Å². The average Bonchev–Trinajstić information content (AvgIpc) is 2.41. The molecule has 19 heavy (non-hydrogen) atoms. The van der Waals surface area contributed by atoms with Gasteiger partial charge >= 0.3 is 5.97 Å². The molecule has 5 heteroatoms. The van der Waals surface area contributed by atoms with E-state index in [0.29, 0.717) is 13.0 Å². The van der Waals surface area contributed by atoms with Gasteiger partial charge in [0.1, 0.15) is 6.04 Å². The molecule has 1 aliphatic rings. The smallest absolute Gasteiger partial charge is 0.323 e. The second-order valence-electron chi connectivity index (χ2n) is 4.84. The summed E-state index contributed by atoms with van der Waals surface area (Å²) in [4.78, 5) is 27.7. The third-order valence-corrected chi connectivity index (χ3v) is 3.52. The van der Waals surface area contributed by atoms with Gasteiger partial charge in [0.2, 0.25) is 5.91 Å². The Bertz CT molecular complexity index is 299. The molecule has 0 N–H and O–H groups in total. The van der Waals surface area contributed by atoms with Crippen LogP contribution < -0.4 is 0 Å². The van der Waals surface area contributed by atoms with Gasteiger partial charge in [0.05, 0.1) is 6.61 Å². The summed E-state index contributed by atoms with van der Waals surface area (Å²) in [5, 5.41) is 0. The van der Waals surface area contributed by atoms with Gasteiger partial charge in [-0.1, -0.05) is 13.8 Å². The highest BCUT2D eigenvalue weighted by Gasteiger charge is 2.29. The Balaban J connectivity index is 2.47.